The van der Waals surface area contributed by atoms with E-state index in [4.69, 9.17) is 0 Å². The van der Waals surface area contributed by atoms with Crippen molar-refractivity contribution in [1.82, 2.24) is 10.2 Å². The minimum atomic E-state index is 0.414. The van der Waals surface area contributed by atoms with Crippen molar-refractivity contribution < 1.29 is 0 Å². The number of likely N-dealkylation sites (N-methyl/N-ethyl adjacent to an activating group) is 1. The highest BCUT2D eigenvalue weighted by atomic mass is 15.2. The van der Waals surface area contributed by atoms with Crippen molar-refractivity contribution in [2.24, 2.45) is 11.8 Å². The molecule has 2 fully saturated rings. The van der Waals surface area contributed by atoms with Gasteiger partial charge in [0, 0.05) is 18.1 Å². The quantitative estimate of drug-likeness (QED) is 0.817. The van der Waals surface area contributed by atoms with Crippen molar-refractivity contribution in [3.8, 4) is 0 Å². The van der Waals surface area contributed by atoms with Crippen LogP contribution in [0.5, 0.6) is 0 Å². The minimum Gasteiger partial charge on any atom is -0.312 e. The van der Waals surface area contributed by atoms with E-state index in [2.05, 4.69) is 38.2 Å². The number of nitrogens with one attached hydrogen (secondary N) is 1. The summed E-state index contributed by atoms with van der Waals surface area (Å²) in [6.07, 6.45) is 12.7. The number of nitrogens with zero attached hydrogens (tertiary/aromatic N) is 1. The molecule has 0 spiro atoms. The molecular weight excluding hydrogens is 244 g/mol. The van der Waals surface area contributed by atoms with Crippen molar-refractivity contribution in [3.05, 3.63) is 0 Å². The summed E-state index contributed by atoms with van der Waals surface area (Å²) in [5.41, 5.74) is 0.414. The molecular formula is C18H36N2. The van der Waals surface area contributed by atoms with Gasteiger partial charge in [0.25, 0.3) is 0 Å². The fourth-order valence-corrected chi connectivity index (χ4v) is 4.54. The third-order valence-corrected chi connectivity index (χ3v) is 6.10. The van der Waals surface area contributed by atoms with Gasteiger partial charge in [0.15, 0.2) is 0 Å². The Bertz CT molecular complexity index is 289. The Kier molecular flexibility index (Phi) is 5.92. The average Bonchev–Trinajstić information content (AvgIpc) is 2.45. The number of hydrogen-bond donors (Lipinski definition) is 1. The van der Waals surface area contributed by atoms with Crippen LogP contribution in [0.25, 0.3) is 0 Å². The zero-order chi connectivity index (χ0) is 14.6. The van der Waals surface area contributed by atoms with Crippen molar-refractivity contribution in [2.45, 2.75) is 83.2 Å². The standard InChI is InChI=1S/C18H36N2/c1-5-16-9-6-10-17(12-16)19-14-18(20(3)4)11-7-8-15(2)13-18/h15-17,19H,5-14H2,1-4H3. The number of rotatable bonds is 5. The van der Waals surface area contributed by atoms with E-state index in [0.29, 0.717) is 5.54 Å². The van der Waals surface area contributed by atoms with Gasteiger partial charge in [0.1, 0.15) is 0 Å². The van der Waals surface area contributed by atoms with E-state index in [1.807, 2.05) is 0 Å². The van der Waals surface area contributed by atoms with Gasteiger partial charge in [-0.2, -0.15) is 0 Å². The first-order valence-corrected chi connectivity index (χ1v) is 8.96. The molecule has 4 unspecified atom stereocenters. The molecule has 0 aromatic rings. The zero-order valence-electron chi connectivity index (χ0n) is 14.3. The Morgan fingerprint density at radius 2 is 1.95 bits per heavy atom. The molecule has 2 rings (SSSR count). The summed E-state index contributed by atoms with van der Waals surface area (Å²) in [6, 6.07) is 0.780. The van der Waals surface area contributed by atoms with Crippen LogP contribution in [0, 0.1) is 11.8 Å². The Balaban J connectivity index is 1.89. The lowest BCUT2D eigenvalue weighted by Gasteiger charge is -2.46. The molecule has 118 valence electrons. The molecule has 2 aliphatic rings. The molecule has 0 saturated heterocycles. The fourth-order valence-electron chi connectivity index (χ4n) is 4.54. The van der Waals surface area contributed by atoms with E-state index in [0.717, 1.165) is 17.9 Å². The predicted octanol–water partition coefficient (Wildman–Crippen LogP) is 4.06. The van der Waals surface area contributed by atoms with Crippen LogP contribution in [0.4, 0.5) is 0 Å². The summed E-state index contributed by atoms with van der Waals surface area (Å²) >= 11 is 0. The summed E-state index contributed by atoms with van der Waals surface area (Å²) in [4.78, 5) is 2.51. The molecule has 0 aromatic heterocycles. The molecule has 2 aliphatic carbocycles. The molecule has 0 heterocycles. The van der Waals surface area contributed by atoms with Crippen LogP contribution in [0.3, 0.4) is 0 Å². The maximum Gasteiger partial charge on any atom is 0.0330 e. The van der Waals surface area contributed by atoms with Crippen molar-refractivity contribution in [2.75, 3.05) is 20.6 Å². The van der Waals surface area contributed by atoms with E-state index >= 15 is 0 Å². The Morgan fingerprint density at radius 3 is 2.60 bits per heavy atom. The Labute approximate surface area is 126 Å². The third kappa shape index (κ3) is 3.98. The summed E-state index contributed by atoms with van der Waals surface area (Å²) in [7, 11) is 4.57. The van der Waals surface area contributed by atoms with E-state index in [9.17, 15) is 0 Å². The second-order valence-electron chi connectivity index (χ2n) is 7.84. The molecule has 0 radical (unpaired) electrons. The molecule has 0 amide bonds. The highest BCUT2D eigenvalue weighted by Crippen LogP contribution is 2.36. The van der Waals surface area contributed by atoms with Crippen LogP contribution >= 0.6 is 0 Å². The lowest BCUT2D eigenvalue weighted by atomic mass is 9.75. The van der Waals surface area contributed by atoms with Crippen molar-refractivity contribution in [1.29, 1.82) is 0 Å². The van der Waals surface area contributed by atoms with Gasteiger partial charge >= 0.3 is 0 Å². The van der Waals surface area contributed by atoms with Crippen molar-refractivity contribution in [3.63, 3.8) is 0 Å². The first kappa shape index (κ1) is 16.3. The van der Waals surface area contributed by atoms with E-state index in [-0.39, 0.29) is 0 Å². The van der Waals surface area contributed by atoms with Crippen LogP contribution in [-0.2, 0) is 0 Å². The monoisotopic (exact) mass is 280 g/mol. The van der Waals surface area contributed by atoms with Gasteiger partial charge in [0.05, 0.1) is 0 Å². The SMILES string of the molecule is CCC1CCCC(NCC2(N(C)C)CCCC(C)C2)C1. The maximum absolute atomic E-state index is 3.96. The topological polar surface area (TPSA) is 15.3 Å². The molecule has 20 heavy (non-hydrogen) atoms. The summed E-state index contributed by atoms with van der Waals surface area (Å²) in [5, 5.41) is 3.96. The molecule has 2 nitrogen and oxygen atoms in total. The lowest BCUT2D eigenvalue weighted by Crippen LogP contribution is -2.56. The van der Waals surface area contributed by atoms with Crippen LogP contribution < -0.4 is 5.32 Å². The zero-order valence-corrected chi connectivity index (χ0v) is 14.3. The average molecular weight is 281 g/mol. The lowest BCUT2D eigenvalue weighted by molar-refractivity contribution is 0.0692. The Hall–Kier alpha value is -0.0800. The first-order chi connectivity index (χ1) is 9.55. The van der Waals surface area contributed by atoms with Gasteiger partial charge < -0.3 is 10.2 Å². The van der Waals surface area contributed by atoms with E-state index in [1.165, 1.54) is 64.3 Å². The van der Waals surface area contributed by atoms with Gasteiger partial charge in [-0.1, -0.05) is 46.0 Å². The van der Waals surface area contributed by atoms with Crippen LogP contribution in [0.2, 0.25) is 0 Å². The molecule has 4 atom stereocenters. The molecule has 2 heteroatoms. The third-order valence-electron chi connectivity index (χ3n) is 6.10. The van der Waals surface area contributed by atoms with Gasteiger partial charge in [-0.05, 0) is 51.6 Å². The highest BCUT2D eigenvalue weighted by Gasteiger charge is 2.37. The van der Waals surface area contributed by atoms with Gasteiger partial charge in [-0.3, -0.25) is 0 Å². The minimum absolute atomic E-state index is 0.414. The van der Waals surface area contributed by atoms with E-state index in [1.54, 1.807) is 0 Å². The van der Waals surface area contributed by atoms with Crippen LogP contribution in [0.15, 0.2) is 0 Å². The maximum atomic E-state index is 3.96. The van der Waals surface area contributed by atoms with E-state index < -0.39 is 0 Å². The molecule has 1 N–H and O–H groups in total. The molecule has 0 aromatic carbocycles. The van der Waals surface area contributed by atoms with Gasteiger partial charge in [-0.15, -0.1) is 0 Å². The normalized spacial score (nSPS) is 39.1. The van der Waals surface area contributed by atoms with Gasteiger partial charge in [-0.25, -0.2) is 0 Å². The van der Waals surface area contributed by atoms with Gasteiger partial charge in [0.2, 0.25) is 0 Å². The smallest absolute Gasteiger partial charge is 0.0330 e. The van der Waals surface area contributed by atoms with Crippen LogP contribution in [0.1, 0.15) is 71.6 Å². The van der Waals surface area contributed by atoms with Crippen LogP contribution in [-0.4, -0.2) is 37.1 Å². The largest absolute Gasteiger partial charge is 0.312 e. The predicted molar refractivity (Wildman–Crippen MR) is 88.1 cm³/mol. The summed E-state index contributed by atoms with van der Waals surface area (Å²) in [5.74, 6) is 1.87. The second-order valence-corrected chi connectivity index (χ2v) is 7.84. The Morgan fingerprint density at radius 1 is 1.15 bits per heavy atom. The second kappa shape index (κ2) is 7.26. The molecule has 0 aliphatic heterocycles. The molecule has 0 bridgehead atoms. The van der Waals surface area contributed by atoms with Crippen molar-refractivity contribution >= 4 is 0 Å². The number of hydrogen-bond acceptors (Lipinski definition) is 2. The summed E-state index contributed by atoms with van der Waals surface area (Å²) in [6.45, 7) is 5.99. The highest BCUT2D eigenvalue weighted by molar-refractivity contribution is 4.95. The summed E-state index contributed by atoms with van der Waals surface area (Å²) < 4.78 is 0. The fraction of sp³-hybridized carbons (Fsp3) is 1.00. The molecule has 2 saturated carbocycles. The first-order valence-electron chi connectivity index (χ1n) is 8.96.